The minimum absolute atomic E-state index is 0.700. The van der Waals surface area contributed by atoms with Crippen LogP contribution in [0.3, 0.4) is 0 Å². The van der Waals surface area contributed by atoms with E-state index >= 15 is 0 Å². The molecular formula is C19H14ClN3. The molecule has 1 N–H and O–H groups in total. The average molecular weight is 320 g/mol. The highest BCUT2D eigenvalue weighted by atomic mass is 35.5. The Hall–Kier alpha value is -2.65. The van der Waals surface area contributed by atoms with Crippen LogP contribution in [-0.4, -0.2) is 15.0 Å². The highest BCUT2D eigenvalue weighted by Crippen LogP contribution is 2.38. The van der Waals surface area contributed by atoms with Gasteiger partial charge in [-0.3, -0.25) is 9.97 Å². The number of H-pyrrole nitrogens is 1. The van der Waals surface area contributed by atoms with Crippen LogP contribution in [0.2, 0.25) is 5.02 Å². The van der Waals surface area contributed by atoms with E-state index in [1.807, 2.05) is 43.5 Å². The molecule has 4 aromatic rings. The number of hydrogen-bond acceptors (Lipinski definition) is 2. The number of aromatic nitrogens is 3. The Morgan fingerprint density at radius 3 is 2.48 bits per heavy atom. The van der Waals surface area contributed by atoms with Crippen molar-refractivity contribution in [3.63, 3.8) is 0 Å². The SMILES string of the molecule is Cc1cnc(-c2ccc(Cl)c3[nH]cc(-c4ccccc4)c23)cn1. The third-order valence-electron chi connectivity index (χ3n) is 3.93. The van der Waals surface area contributed by atoms with Gasteiger partial charge in [0.05, 0.1) is 28.1 Å². The first-order valence-corrected chi connectivity index (χ1v) is 7.76. The van der Waals surface area contributed by atoms with E-state index in [0.29, 0.717) is 5.02 Å². The van der Waals surface area contributed by atoms with Crippen LogP contribution in [0, 0.1) is 6.92 Å². The molecule has 2 aromatic heterocycles. The van der Waals surface area contributed by atoms with Gasteiger partial charge in [-0.1, -0.05) is 48.0 Å². The van der Waals surface area contributed by atoms with Crippen LogP contribution in [0.1, 0.15) is 5.69 Å². The van der Waals surface area contributed by atoms with Crippen molar-refractivity contribution in [3.8, 4) is 22.4 Å². The minimum atomic E-state index is 0.700. The summed E-state index contributed by atoms with van der Waals surface area (Å²) in [6.07, 6.45) is 5.58. The molecule has 0 atom stereocenters. The number of rotatable bonds is 2. The Balaban J connectivity index is 2.03. The van der Waals surface area contributed by atoms with Gasteiger partial charge in [-0.2, -0.15) is 0 Å². The zero-order valence-electron chi connectivity index (χ0n) is 12.5. The van der Waals surface area contributed by atoms with Crippen molar-refractivity contribution < 1.29 is 0 Å². The van der Waals surface area contributed by atoms with Gasteiger partial charge in [-0.25, -0.2) is 0 Å². The zero-order valence-corrected chi connectivity index (χ0v) is 13.3. The summed E-state index contributed by atoms with van der Waals surface area (Å²) in [5.74, 6) is 0. The normalized spacial score (nSPS) is 11.0. The monoisotopic (exact) mass is 319 g/mol. The van der Waals surface area contributed by atoms with Gasteiger partial charge in [0.2, 0.25) is 0 Å². The summed E-state index contributed by atoms with van der Waals surface area (Å²) in [4.78, 5) is 12.2. The van der Waals surface area contributed by atoms with Crippen molar-refractivity contribution in [2.75, 3.05) is 0 Å². The summed E-state index contributed by atoms with van der Waals surface area (Å²) in [7, 11) is 0. The quantitative estimate of drug-likeness (QED) is 0.548. The smallest absolute Gasteiger partial charge is 0.0892 e. The molecule has 0 saturated carbocycles. The first kappa shape index (κ1) is 14.0. The van der Waals surface area contributed by atoms with Gasteiger partial charge in [0.15, 0.2) is 0 Å². The first-order valence-electron chi connectivity index (χ1n) is 7.38. The van der Waals surface area contributed by atoms with Gasteiger partial charge in [0, 0.05) is 28.9 Å². The van der Waals surface area contributed by atoms with Crippen molar-refractivity contribution in [2.45, 2.75) is 6.92 Å². The number of aromatic amines is 1. The molecule has 3 nitrogen and oxygen atoms in total. The number of nitrogens with zero attached hydrogens (tertiary/aromatic N) is 2. The molecule has 23 heavy (non-hydrogen) atoms. The maximum absolute atomic E-state index is 6.38. The summed E-state index contributed by atoms with van der Waals surface area (Å²) in [6, 6.07) is 14.2. The summed E-state index contributed by atoms with van der Waals surface area (Å²) in [5, 5.41) is 1.77. The third kappa shape index (κ3) is 2.39. The molecule has 0 saturated heterocycles. The number of hydrogen-bond donors (Lipinski definition) is 1. The number of benzene rings is 2. The Labute approximate surface area is 139 Å². The molecule has 4 rings (SSSR count). The van der Waals surface area contributed by atoms with E-state index in [-0.39, 0.29) is 0 Å². The van der Waals surface area contributed by atoms with Crippen molar-refractivity contribution >= 4 is 22.5 Å². The van der Waals surface area contributed by atoms with Crippen LogP contribution in [0.4, 0.5) is 0 Å². The number of fused-ring (bicyclic) bond motifs is 1. The highest BCUT2D eigenvalue weighted by Gasteiger charge is 2.15. The molecule has 0 spiro atoms. The summed E-state index contributed by atoms with van der Waals surface area (Å²) in [5.41, 5.74) is 5.94. The van der Waals surface area contributed by atoms with E-state index in [0.717, 1.165) is 39.0 Å². The predicted octanol–water partition coefficient (Wildman–Crippen LogP) is 5.25. The second-order valence-corrected chi connectivity index (χ2v) is 5.86. The Morgan fingerprint density at radius 1 is 0.913 bits per heavy atom. The van der Waals surface area contributed by atoms with Gasteiger partial charge in [-0.05, 0) is 18.6 Å². The molecule has 112 valence electrons. The fourth-order valence-corrected chi connectivity index (χ4v) is 3.02. The molecule has 0 aliphatic heterocycles. The second-order valence-electron chi connectivity index (χ2n) is 5.46. The molecule has 0 fully saturated rings. The average Bonchev–Trinajstić information content (AvgIpc) is 3.03. The van der Waals surface area contributed by atoms with Gasteiger partial charge in [0.25, 0.3) is 0 Å². The number of nitrogens with one attached hydrogen (secondary N) is 1. The maximum Gasteiger partial charge on any atom is 0.0892 e. The van der Waals surface area contributed by atoms with Crippen LogP contribution in [0.5, 0.6) is 0 Å². The van der Waals surface area contributed by atoms with Crippen LogP contribution in [-0.2, 0) is 0 Å². The molecule has 4 heteroatoms. The second kappa shape index (κ2) is 5.52. The van der Waals surface area contributed by atoms with Gasteiger partial charge < -0.3 is 4.98 Å². The molecule has 2 heterocycles. The Morgan fingerprint density at radius 2 is 1.74 bits per heavy atom. The highest BCUT2D eigenvalue weighted by molar-refractivity contribution is 6.36. The topological polar surface area (TPSA) is 41.6 Å². The van der Waals surface area contributed by atoms with Crippen LogP contribution < -0.4 is 0 Å². The lowest BCUT2D eigenvalue weighted by Gasteiger charge is -2.07. The molecule has 0 aliphatic rings. The van der Waals surface area contributed by atoms with E-state index in [1.165, 1.54) is 0 Å². The molecule has 0 unspecified atom stereocenters. The lowest BCUT2D eigenvalue weighted by Crippen LogP contribution is -1.89. The molecule has 0 amide bonds. The zero-order chi connectivity index (χ0) is 15.8. The van der Waals surface area contributed by atoms with E-state index in [1.54, 1.807) is 12.4 Å². The molecular weight excluding hydrogens is 306 g/mol. The maximum atomic E-state index is 6.38. The Kier molecular flexibility index (Phi) is 3.36. The minimum Gasteiger partial charge on any atom is -0.359 e. The Bertz CT molecular complexity index is 973. The largest absolute Gasteiger partial charge is 0.359 e. The summed E-state index contributed by atoms with van der Waals surface area (Å²) in [6.45, 7) is 1.93. The molecule has 0 bridgehead atoms. The number of aryl methyl sites for hydroxylation is 1. The van der Waals surface area contributed by atoms with Crippen molar-refractivity contribution in [1.82, 2.24) is 15.0 Å². The van der Waals surface area contributed by atoms with E-state index in [9.17, 15) is 0 Å². The molecule has 2 aromatic carbocycles. The standard InChI is InChI=1S/C19H14ClN3/c1-12-9-22-17(11-21-12)14-7-8-16(20)19-18(14)15(10-23-19)13-5-3-2-4-6-13/h2-11,23H,1H3. The molecule has 0 aliphatic carbocycles. The van der Waals surface area contributed by atoms with E-state index in [2.05, 4.69) is 27.1 Å². The van der Waals surface area contributed by atoms with E-state index in [4.69, 9.17) is 11.6 Å². The van der Waals surface area contributed by atoms with Gasteiger partial charge >= 0.3 is 0 Å². The lowest BCUT2D eigenvalue weighted by atomic mass is 9.99. The van der Waals surface area contributed by atoms with Gasteiger partial charge in [0.1, 0.15) is 0 Å². The third-order valence-corrected chi connectivity index (χ3v) is 4.24. The van der Waals surface area contributed by atoms with Crippen LogP contribution in [0.15, 0.2) is 61.1 Å². The summed E-state index contributed by atoms with van der Waals surface area (Å²) >= 11 is 6.38. The first-order chi connectivity index (χ1) is 11.2. The number of halogens is 1. The van der Waals surface area contributed by atoms with Crippen molar-refractivity contribution in [3.05, 3.63) is 71.8 Å². The predicted molar refractivity (Wildman–Crippen MR) is 94.5 cm³/mol. The fourth-order valence-electron chi connectivity index (χ4n) is 2.81. The fraction of sp³-hybridized carbons (Fsp3) is 0.0526. The lowest BCUT2D eigenvalue weighted by molar-refractivity contribution is 1.12. The van der Waals surface area contributed by atoms with Gasteiger partial charge in [-0.15, -0.1) is 0 Å². The van der Waals surface area contributed by atoms with Crippen LogP contribution >= 0.6 is 11.6 Å². The van der Waals surface area contributed by atoms with Crippen molar-refractivity contribution in [1.29, 1.82) is 0 Å². The van der Waals surface area contributed by atoms with Crippen LogP contribution in [0.25, 0.3) is 33.3 Å². The summed E-state index contributed by atoms with van der Waals surface area (Å²) < 4.78 is 0. The van der Waals surface area contributed by atoms with Crippen molar-refractivity contribution in [2.24, 2.45) is 0 Å². The molecule has 0 radical (unpaired) electrons. The van der Waals surface area contributed by atoms with E-state index < -0.39 is 0 Å².